The van der Waals surface area contributed by atoms with Gasteiger partial charge in [-0.05, 0) is 12.8 Å². The molecule has 1 saturated carbocycles. The predicted molar refractivity (Wildman–Crippen MR) is 80.4 cm³/mol. The molecule has 0 radical (unpaired) electrons. The van der Waals surface area contributed by atoms with Crippen LogP contribution in [-0.2, 0) is 14.3 Å². The quantitative estimate of drug-likeness (QED) is 0.269. The van der Waals surface area contributed by atoms with Gasteiger partial charge in [-0.3, -0.25) is 9.59 Å². The van der Waals surface area contributed by atoms with Crippen LogP contribution in [0, 0.1) is 11.8 Å². The van der Waals surface area contributed by atoms with Crippen LogP contribution < -0.4 is 22.1 Å². The third kappa shape index (κ3) is 6.52. The van der Waals surface area contributed by atoms with E-state index in [2.05, 4.69) is 15.4 Å². The Hall–Kier alpha value is -1.02. The maximum Gasteiger partial charge on any atom is 0.317 e. The molecule has 7 heteroatoms. The van der Waals surface area contributed by atoms with Gasteiger partial charge in [0.25, 0.3) is 0 Å². The van der Waals surface area contributed by atoms with Crippen molar-refractivity contribution >= 4 is 11.9 Å². The van der Waals surface area contributed by atoms with Crippen molar-refractivity contribution in [2.75, 3.05) is 39.3 Å². The molecule has 7 nitrogen and oxygen atoms in total. The van der Waals surface area contributed by atoms with Gasteiger partial charge in [-0.1, -0.05) is 12.8 Å². The van der Waals surface area contributed by atoms with Gasteiger partial charge in [0.1, 0.15) is 0 Å². The summed E-state index contributed by atoms with van der Waals surface area (Å²) in [5.41, 5.74) is 10.5. The predicted octanol–water partition coefficient (Wildman–Crippen LogP) is -1.04. The van der Waals surface area contributed by atoms with Gasteiger partial charge in [-0.2, -0.15) is 0 Å². The minimum atomic E-state index is -0.292. The largest absolute Gasteiger partial charge is 0.393 e. The van der Waals surface area contributed by atoms with Crippen LogP contribution in [-0.4, -0.2) is 51.2 Å². The maximum atomic E-state index is 11.0. The van der Waals surface area contributed by atoms with Gasteiger partial charge in [0.05, 0.1) is 11.8 Å². The number of rotatable bonds is 7. The van der Waals surface area contributed by atoms with Gasteiger partial charge in [-0.15, -0.1) is 0 Å². The lowest BCUT2D eigenvalue weighted by Gasteiger charge is -2.18. The van der Waals surface area contributed by atoms with Crippen molar-refractivity contribution in [2.45, 2.75) is 25.7 Å². The third-order valence-electron chi connectivity index (χ3n) is 3.69. The van der Waals surface area contributed by atoms with E-state index in [9.17, 15) is 9.59 Å². The summed E-state index contributed by atoms with van der Waals surface area (Å²) >= 11 is 0. The first-order chi connectivity index (χ1) is 10.2. The molecule has 0 bridgehead atoms. The Bertz CT molecular complexity index is 295. The number of esters is 2. The van der Waals surface area contributed by atoms with Crippen LogP contribution in [0.2, 0.25) is 0 Å². The van der Waals surface area contributed by atoms with Gasteiger partial charge in [0, 0.05) is 39.3 Å². The molecule has 2 unspecified atom stereocenters. The minimum Gasteiger partial charge on any atom is -0.393 e. The van der Waals surface area contributed by atoms with Crippen molar-refractivity contribution in [1.29, 1.82) is 0 Å². The molecule has 0 amide bonds. The van der Waals surface area contributed by atoms with Crippen LogP contribution in [0.4, 0.5) is 0 Å². The molecule has 2 rings (SSSR count). The minimum absolute atomic E-state index is 0.101. The van der Waals surface area contributed by atoms with E-state index in [4.69, 9.17) is 11.5 Å². The summed E-state index contributed by atoms with van der Waals surface area (Å²) in [4.78, 5) is 22.0. The summed E-state index contributed by atoms with van der Waals surface area (Å²) in [6.07, 6.45) is 3.80. The zero-order chi connectivity index (χ0) is 15.5. The van der Waals surface area contributed by atoms with Gasteiger partial charge < -0.3 is 26.8 Å². The number of hydrogen-bond donors (Lipinski definition) is 4. The van der Waals surface area contributed by atoms with Crippen molar-refractivity contribution in [3.8, 4) is 0 Å². The molecule has 2 aliphatic rings. The normalized spacial score (nSPS) is 24.1. The van der Waals surface area contributed by atoms with Crippen LogP contribution in [0.15, 0.2) is 0 Å². The first kappa shape index (κ1) is 18.0. The fourth-order valence-corrected chi connectivity index (χ4v) is 2.58. The maximum absolute atomic E-state index is 11.0. The average molecular weight is 300 g/mol. The van der Waals surface area contributed by atoms with Crippen LogP contribution in [0.5, 0.6) is 0 Å². The molecule has 21 heavy (non-hydrogen) atoms. The van der Waals surface area contributed by atoms with Gasteiger partial charge >= 0.3 is 11.9 Å². The Morgan fingerprint density at radius 1 is 0.857 bits per heavy atom. The van der Waals surface area contributed by atoms with Crippen molar-refractivity contribution in [3.05, 3.63) is 0 Å². The van der Waals surface area contributed by atoms with Gasteiger partial charge in [0.2, 0.25) is 0 Å². The monoisotopic (exact) mass is 300 g/mol. The van der Waals surface area contributed by atoms with E-state index in [0.717, 1.165) is 51.9 Å². The summed E-state index contributed by atoms with van der Waals surface area (Å²) in [6.45, 7) is 5.14. The molecule has 6 N–H and O–H groups in total. The molecule has 1 saturated heterocycles. The number of carbonyl (C=O) groups excluding carboxylic acids is 2. The second kappa shape index (κ2) is 10.7. The van der Waals surface area contributed by atoms with Gasteiger partial charge in [-0.25, -0.2) is 0 Å². The molecule has 2 fully saturated rings. The number of hydrogen-bond acceptors (Lipinski definition) is 7. The van der Waals surface area contributed by atoms with Crippen molar-refractivity contribution < 1.29 is 14.3 Å². The number of carbonyl (C=O) groups is 2. The fraction of sp³-hybridized carbons (Fsp3) is 0.857. The molecule has 1 aliphatic heterocycles. The molecule has 122 valence electrons. The SMILES string of the molecule is NCCNCCNCCN.O=C1OC(=O)C2CCCCC12. The third-order valence-corrected chi connectivity index (χ3v) is 3.69. The first-order valence-electron chi connectivity index (χ1n) is 7.77. The topological polar surface area (TPSA) is 119 Å². The lowest BCUT2D eigenvalue weighted by Crippen LogP contribution is -2.32. The Labute approximate surface area is 126 Å². The van der Waals surface area contributed by atoms with Crippen LogP contribution >= 0.6 is 0 Å². The molecule has 1 heterocycles. The standard InChI is InChI=1S/C8H10O3.C6H18N4/c9-7-5-3-1-2-4-6(5)8(10)11-7;7-1-3-9-5-6-10-4-2-8/h5-6H,1-4H2;9-10H,1-8H2. The van der Waals surface area contributed by atoms with Crippen molar-refractivity contribution in [2.24, 2.45) is 23.3 Å². The molecule has 0 aromatic heterocycles. The number of ether oxygens (including phenoxy) is 1. The van der Waals surface area contributed by atoms with Crippen molar-refractivity contribution in [3.63, 3.8) is 0 Å². The van der Waals surface area contributed by atoms with Crippen LogP contribution in [0.25, 0.3) is 0 Å². The highest BCUT2D eigenvalue weighted by Gasteiger charge is 2.44. The second-order valence-electron chi connectivity index (χ2n) is 5.31. The summed E-state index contributed by atoms with van der Waals surface area (Å²) < 4.78 is 4.53. The number of nitrogens with one attached hydrogen (secondary N) is 2. The molecule has 0 aromatic carbocycles. The summed E-state index contributed by atoms with van der Waals surface area (Å²) in [5, 5.41) is 6.33. The van der Waals surface area contributed by atoms with Crippen LogP contribution in [0.1, 0.15) is 25.7 Å². The number of nitrogens with two attached hydrogens (primary N) is 2. The summed E-state index contributed by atoms with van der Waals surface area (Å²) in [7, 11) is 0. The Morgan fingerprint density at radius 3 is 1.67 bits per heavy atom. The molecule has 0 spiro atoms. The van der Waals surface area contributed by atoms with E-state index in [1.165, 1.54) is 0 Å². The van der Waals surface area contributed by atoms with E-state index in [1.54, 1.807) is 0 Å². The highest BCUT2D eigenvalue weighted by molar-refractivity contribution is 5.96. The summed E-state index contributed by atoms with van der Waals surface area (Å²) in [5.74, 6) is -0.785. The van der Waals surface area contributed by atoms with E-state index >= 15 is 0 Å². The molecular weight excluding hydrogens is 272 g/mol. The van der Waals surface area contributed by atoms with E-state index < -0.39 is 0 Å². The number of cyclic esters (lactones) is 2. The Morgan fingerprint density at radius 2 is 1.29 bits per heavy atom. The lowest BCUT2D eigenvalue weighted by molar-refractivity contribution is -0.153. The average Bonchev–Trinajstić information content (AvgIpc) is 2.79. The molecule has 2 atom stereocenters. The molecule has 0 aromatic rings. The van der Waals surface area contributed by atoms with E-state index in [0.29, 0.717) is 13.1 Å². The zero-order valence-corrected chi connectivity index (χ0v) is 12.6. The second-order valence-corrected chi connectivity index (χ2v) is 5.31. The zero-order valence-electron chi connectivity index (χ0n) is 12.6. The van der Waals surface area contributed by atoms with Crippen LogP contribution in [0.3, 0.4) is 0 Å². The summed E-state index contributed by atoms with van der Waals surface area (Å²) in [6, 6.07) is 0. The van der Waals surface area contributed by atoms with Gasteiger partial charge in [0.15, 0.2) is 0 Å². The Balaban J connectivity index is 0.000000212. The lowest BCUT2D eigenvalue weighted by atomic mass is 9.81. The number of fused-ring (bicyclic) bond motifs is 1. The highest BCUT2D eigenvalue weighted by atomic mass is 16.6. The van der Waals surface area contributed by atoms with E-state index in [1.807, 2.05) is 0 Å². The molecular formula is C14H28N4O3. The highest BCUT2D eigenvalue weighted by Crippen LogP contribution is 2.36. The Kier molecular flexibility index (Phi) is 9.16. The molecule has 1 aliphatic carbocycles. The van der Waals surface area contributed by atoms with Crippen molar-refractivity contribution in [1.82, 2.24) is 10.6 Å². The van der Waals surface area contributed by atoms with E-state index in [-0.39, 0.29) is 23.8 Å². The fourth-order valence-electron chi connectivity index (χ4n) is 2.58. The first-order valence-corrected chi connectivity index (χ1v) is 7.77. The smallest absolute Gasteiger partial charge is 0.317 e.